The maximum Gasteiger partial charge on any atom is 0.211 e. The molecule has 0 aliphatic heterocycles. The van der Waals surface area contributed by atoms with Crippen LogP contribution >= 0.6 is 12.2 Å². The van der Waals surface area contributed by atoms with E-state index >= 15 is 0 Å². The lowest BCUT2D eigenvalue weighted by Gasteiger charge is -2.17. The molecule has 0 unspecified atom stereocenters. The lowest BCUT2D eigenvalue weighted by atomic mass is 10.5. The molecule has 0 aromatic carbocycles. The van der Waals surface area contributed by atoms with Crippen molar-refractivity contribution in [1.29, 1.82) is 0 Å². The summed E-state index contributed by atoms with van der Waals surface area (Å²) < 4.78 is 23.4. The maximum absolute atomic E-state index is 11.1. The molecule has 0 aromatic heterocycles. The smallest absolute Gasteiger partial charge is 0.211 e. The quantitative estimate of drug-likeness (QED) is 0.646. The van der Waals surface area contributed by atoms with E-state index in [2.05, 4.69) is 12.2 Å². The van der Waals surface area contributed by atoms with E-state index in [4.69, 9.17) is 5.73 Å². The second-order valence-electron chi connectivity index (χ2n) is 2.56. The van der Waals surface area contributed by atoms with Crippen LogP contribution in [-0.4, -0.2) is 37.1 Å². The van der Waals surface area contributed by atoms with E-state index in [1.165, 1.54) is 4.31 Å². The van der Waals surface area contributed by atoms with Gasteiger partial charge in [-0.15, -0.1) is 0 Å². The van der Waals surface area contributed by atoms with Crippen LogP contribution in [-0.2, 0) is 10.0 Å². The summed E-state index contributed by atoms with van der Waals surface area (Å²) in [5, 5.41) is 0. The van der Waals surface area contributed by atoms with Gasteiger partial charge in [0.15, 0.2) is 0 Å². The fourth-order valence-electron chi connectivity index (χ4n) is 0.785. The van der Waals surface area contributed by atoms with Gasteiger partial charge in [-0.25, -0.2) is 8.42 Å². The van der Waals surface area contributed by atoms with Gasteiger partial charge in [-0.3, -0.25) is 0 Å². The molecule has 6 heteroatoms. The van der Waals surface area contributed by atoms with Crippen molar-refractivity contribution >= 4 is 27.2 Å². The molecular formula is C6H14N2O2S2. The summed E-state index contributed by atoms with van der Waals surface area (Å²) >= 11 is 4.63. The highest BCUT2D eigenvalue weighted by molar-refractivity contribution is 7.88. The first kappa shape index (κ1) is 11.8. The average Bonchev–Trinajstić information content (AvgIpc) is 1.83. The Morgan fingerprint density at radius 3 is 2.33 bits per heavy atom. The number of nitrogens with zero attached hydrogens (tertiary/aromatic N) is 1. The fourth-order valence-corrected chi connectivity index (χ4v) is 1.91. The summed E-state index contributed by atoms with van der Waals surface area (Å²) in [4.78, 5) is 0.203. The van der Waals surface area contributed by atoms with E-state index in [1.54, 1.807) is 0 Å². The van der Waals surface area contributed by atoms with Crippen LogP contribution in [0.2, 0.25) is 0 Å². The number of rotatable bonds is 5. The number of sulfonamides is 1. The molecule has 4 nitrogen and oxygen atoms in total. The Morgan fingerprint density at radius 1 is 1.58 bits per heavy atom. The van der Waals surface area contributed by atoms with Gasteiger partial charge in [-0.2, -0.15) is 4.31 Å². The third kappa shape index (κ3) is 4.63. The van der Waals surface area contributed by atoms with Gasteiger partial charge < -0.3 is 5.73 Å². The van der Waals surface area contributed by atoms with Gasteiger partial charge in [0.25, 0.3) is 0 Å². The first-order valence-electron chi connectivity index (χ1n) is 3.61. The molecule has 0 amide bonds. The van der Waals surface area contributed by atoms with E-state index in [0.717, 1.165) is 12.7 Å². The molecule has 0 radical (unpaired) electrons. The van der Waals surface area contributed by atoms with Crippen molar-refractivity contribution in [2.24, 2.45) is 5.73 Å². The summed E-state index contributed by atoms with van der Waals surface area (Å²) in [6.07, 6.45) is 1.91. The van der Waals surface area contributed by atoms with Gasteiger partial charge in [0.1, 0.15) is 0 Å². The largest absolute Gasteiger partial charge is 0.392 e. The zero-order valence-electron chi connectivity index (χ0n) is 7.28. The first-order chi connectivity index (χ1) is 5.38. The normalized spacial score (nSPS) is 11.9. The van der Waals surface area contributed by atoms with E-state index in [-0.39, 0.29) is 11.5 Å². The molecule has 0 fully saturated rings. The molecular weight excluding hydrogens is 196 g/mol. The van der Waals surface area contributed by atoms with Crippen LogP contribution in [0.5, 0.6) is 0 Å². The van der Waals surface area contributed by atoms with Gasteiger partial charge in [-0.05, 0) is 6.42 Å². The Balaban J connectivity index is 4.34. The number of hydrogen-bond acceptors (Lipinski definition) is 3. The molecule has 2 N–H and O–H groups in total. The Hall–Kier alpha value is -0.200. The summed E-state index contributed by atoms with van der Waals surface area (Å²) in [6, 6.07) is 0. The van der Waals surface area contributed by atoms with Crippen molar-refractivity contribution in [2.45, 2.75) is 13.3 Å². The molecule has 0 bridgehead atoms. The second-order valence-corrected chi connectivity index (χ2v) is 5.07. The third-order valence-electron chi connectivity index (χ3n) is 1.27. The van der Waals surface area contributed by atoms with Crippen LogP contribution in [0.15, 0.2) is 0 Å². The fraction of sp³-hybridized carbons (Fsp3) is 0.833. The van der Waals surface area contributed by atoms with Crippen LogP contribution in [0.25, 0.3) is 0 Å². The Morgan fingerprint density at radius 2 is 2.08 bits per heavy atom. The summed E-state index contributed by atoms with van der Waals surface area (Å²) in [5.41, 5.74) is 5.25. The molecule has 0 aliphatic carbocycles. The minimum absolute atomic E-state index is 0.141. The molecule has 0 heterocycles. The van der Waals surface area contributed by atoms with Crippen molar-refractivity contribution in [1.82, 2.24) is 4.31 Å². The highest BCUT2D eigenvalue weighted by Crippen LogP contribution is 1.98. The molecule has 72 valence electrons. The predicted octanol–water partition coefficient (Wildman–Crippen LogP) is -0.0559. The molecule has 0 aromatic rings. The molecule has 12 heavy (non-hydrogen) atoms. The van der Waals surface area contributed by atoms with Gasteiger partial charge in [0.2, 0.25) is 10.0 Å². The van der Waals surface area contributed by atoms with E-state index in [9.17, 15) is 8.42 Å². The molecule has 0 atom stereocenters. The maximum atomic E-state index is 11.1. The van der Waals surface area contributed by atoms with Crippen LogP contribution in [0.3, 0.4) is 0 Å². The third-order valence-corrected chi connectivity index (χ3v) is 2.65. The van der Waals surface area contributed by atoms with Crippen LogP contribution in [0, 0.1) is 0 Å². The molecule has 0 saturated heterocycles. The summed E-state index contributed by atoms with van der Waals surface area (Å²) in [5.74, 6) is 0. The second kappa shape index (κ2) is 4.74. The number of hydrogen-bond donors (Lipinski definition) is 1. The number of nitrogens with two attached hydrogens (primary N) is 1. The van der Waals surface area contributed by atoms with Crippen molar-refractivity contribution in [3.8, 4) is 0 Å². The van der Waals surface area contributed by atoms with Crippen LogP contribution in [0.4, 0.5) is 0 Å². The van der Waals surface area contributed by atoms with Crippen molar-refractivity contribution in [2.75, 3.05) is 19.3 Å². The average molecular weight is 210 g/mol. The summed E-state index contributed by atoms with van der Waals surface area (Å²) in [6.45, 7) is 2.51. The lowest BCUT2D eigenvalue weighted by Crippen LogP contribution is -2.37. The molecule has 0 rings (SSSR count). The first-order valence-corrected chi connectivity index (χ1v) is 5.87. The van der Waals surface area contributed by atoms with Gasteiger partial charge in [0.05, 0.1) is 17.8 Å². The molecule has 0 saturated carbocycles. The standard InChI is InChI=1S/C6H14N2O2S2/c1-3-4-8(5-6(7)11)12(2,9)10/h3-5H2,1-2H3,(H2,7,11). The van der Waals surface area contributed by atoms with Crippen LogP contribution < -0.4 is 5.73 Å². The Kier molecular flexibility index (Phi) is 4.66. The van der Waals surface area contributed by atoms with E-state index in [1.807, 2.05) is 6.92 Å². The topological polar surface area (TPSA) is 63.4 Å². The van der Waals surface area contributed by atoms with E-state index < -0.39 is 10.0 Å². The Bertz CT molecular complexity index is 248. The van der Waals surface area contributed by atoms with Gasteiger partial charge in [-0.1, -0.05) is 19.1 Å². The zero-order valence-corrected chi connectivity index (χ0v) is 8.91. The molecule has 0 spiro atoms. The molecule has 0 aliphatic rings. The number of thiocarbonyl (C=S) groups is 1. The minimum atomic E-state index is -3.16. The lowest BCUT2D eigenvalue weighted by molar-refractivity contribution is 0.454. The predicted molar refractivity (Wildman–Crippen MR) is 53.5 cm³/mol. The minimum Gasteiger partial charge on any atom is -0.392 e. The van der Waals surface area contributed by atoms with Gasteiger partial charge >= 0.3 is 0 Å². The van der Waals surface area contributed by atoms with Gasteiger partial charge in [0, 0.05) is 6.54 Å². The monoisotopic (exact) mass is 210 g/mol. The van der Waals surface area contributed by atoms with Crippen LogP contribution in [0.1, 0.15) is 13.3 Å². The van der Waals surface area contributed by atoms with E-state index in [0.29, 0.717) is 6.54 Å². The zero-order chi connectivity index (χ0) is 9.78. The SMILES string of the molecule is CCCN(CC(N)=S)S(C)(=O)=O. The highest BCUT2D eigenvalue weighted by Gasteiger charge is 2.15. The Labute approximate surface area is 78.8 Å². The van der Waals surface area contributed by atoms with Crippen molar-refractivity contribution < 1.29 is 8.42 Å². The van der Waals surface area contributed by atoms with Crippen molar-refractivity contribution in [3.63, 3.8) is 0 Å². The highest BCUT2D eigenvalue weighted by atomic mass is 32.2. The van der Waals surface area contributed by atoms with Crippen molar-refractivity contribution in [3.05, 3.63) is 0 Å². The summed E-state index contributed by atoms with van der Waals surface area (Å²) in [7, 11) is -3.16.